The number of aromatic nitrogens is 1. The molecule has 2 aromatic rings. The first kappa shape index (κ1) is 18.4. The largest absolute Gasteiger partial charge is 0.469 e. The maximum Gasteiger partial charge on any atom is 0.253 e. The summed E-state index contributed by atoms with van der Waals surface area (Å²) in [7, 11) is 0. The van der Waals surface area contributed by atoms with Crippen LogP contribution in [0.1, 0.15) is 53.1 Å². The summed E-state index contributed by atoms with van der Waals surface area (Å²) in [6.45, 7) is 4.83. The third kappa shape index (κ3) is 3.30. The number of fused-ring (bicyclic) bond motifs is 1. The predicted octanol–water partition coefficient (Wildman–Crippen LogP) is 2.94. The normalized spacial score (nSPS) is 20.7. The standard InChI is InChI=1S/C19H19ClN2O4/c1-10(23)11-8-13-15(16(24)19(2,3)26-18(13)21-9-11)22-17(25)12-6-4-5-7-14(12)20/h4-9,15-16,24H,1-3H3,(H,22,25)/t15-,16+/m1/s1. The number of hydrogen-bond acceptors (Lipinski definition) is 5. The molecule has 2 atom stereocenters. The zero-order chi connectivity index (χ0) is 19.1. The summed E-state index contributed by atoms with van der Waals surface area (Å²) in [5.41, 5.74) is 0.139. The molecule has 0 fully saturated rings. The van der Waals surface area contributed by atoms with Crippen molar-refractivity contribution in [3.8, 4) is 5.88 Å². The lowest BCUT2D eigenvalue weighted by molar-refractivity contribution is -0.0656. The first-order valence-electron chi connectivity index (χ1n) is 8.14. The predicted molar refractivity (Wildman–Crippen MR) is 96.6 cm³/mol. The Bertz CT molecular complexity index is 882. The minimum absolute atomic E-state index is 0.171. The van der Waals surface area contributed by atoms with Crippen LogP contribution >= 0.6 is 11.6 Å². The summed E-state index contributed by atoms with van der Waals surface area (Å²) in [4.78, 5) is 28.6. The topological polar surface area (TPSA) is 88.5 Å². The SMILES string of the molecule is CC(=O)c1cnc2c(c1)[C@@H](NC(=O)c1ccccc1Cl)[C@H](O)C(C)(C)O2. The fourth-order valence-corrected chi connectivity index (χ4v) is 3.09. The summed E-state index contributed by atoms with van der Waals surface area (Å²) in [6, 6.07) is 7.42. The Morgan fingerprint density at radius 2 is 2.00 bits per heavy atom. The van der Waals surface area contributed by atoms with Crippen LogP contribution in [0.15, 0.2) is 36.5 Å². The van der Waals surface area contributed by atoms with Crippen LogP contribution in [0.25, 0.3) is 0 Å². The molecule has 1 aliphatic heterocycles. The van der Waals surface area contributed by atoms with E-state index < -0.39 is 23.7 Å². The van der Waals surface area contributed by atoms with Crippen LogP contribution < -0.4 is 10.1 Å². The number of Topliss-reactive ketones (excluding diaryl/α,β-unsaturated/α-hetero) is 1. The molecule has 1 aromatic heterocycles. The molecule has 0 aliphatic carbocycles. The van der Waals surface area contributed by atoms with E-state index in [1.807, 2.05) is 0 Å². The number of nitrogens with zero attached hydrogens (tertiary/aromatic N) is 1. The Balaban J connectivity index is 2.02. The van der Waals surface area contributed by atoms with E-state index in [2.05, 4.69) is 10.3 Å². The molecule has 0 saturated carbocycles. The van der Waals surface area contributed by atoms with Gasteiger partial charge in [-0.1, -0.05) is 23.7 Å². The van der Waals surface area contributed by atoms with Crippen molar-refractivity contribution in [1.82, 2.24) is 10.3 Å². The molecule has 26 heavy (non-hydrogen) atoms. The second-order valence-electron chi connectivity index (χ2n) is 6.76. The number of halogens is 1. The molecule has 1 aliphatic rings. The highest BCUT2D eigenvalue weighted by Crippen LogP contribution is 2.39. The van der Waals surface area contributed by atoms with Crippen LogP contribution in [0.4, 0.5) is 0 Å². The highest BCUT2D eigenvalue weighted by Gasteiger charge is 2.44. The van der Waals surface area contributed by atoms with Crippen molar-refractivity contribution in [2.75, 3.05) is 0 Å². The number of nitrogens with one attached hydrogen (secondary N) is 1. The van der Waals surface area contributed by atoms with Gasteiger partial charge in [-0.05, 0) is 39.0 Å². The molecule has 2 N–H and O–H groups in total. The van der Waals surface area contributed by atoms with Gasteiger partial charge in [0.2, 0.25) is 5.88 Å². The Labute approximate surface area is 156 Å². The van der Waals surface area contributed by atoms with Gasteiger partial charge >= 0.3 is 0 Å². The van der Waals surface area contributed by atoms with Crippen molar-refractivity contribution in [2.24, 2.45) is 0 Å². The fourth-order valence-electron chi connectivity index (χ4n) is 2.87. The third-order valence-electron chi connectivity index (χ3n) is 4.41. The Morgan fingerprint density at radius 3 is 2.65 bits per heavy atom. The zero-order valence-electron chi connectivity index (χ0n) is 14.6. The second kappa shape index (κ2) is 6.70. The number of amides is 1. The third-order valence-corrected chi connectivity index (χ3v) is 4.74. The van der Waals surface area contributed by atoms with Crippen LogP contribution in [0.5, 0.6) is 5.88 Å². The molecular weight excluding hydrogens is 356 g/mol. The van der Waals surface area contributed by atoms with Crippen molar-refractivity contribution < 1.29 is 19.4 Å². The van der Waals surface area contributed by atoms with Crippen molar-refractivity contribution in [2.45, 2.75) is 38.5 Å². The highest BCUT2D eigenvalue weighted by molar-refractivity contribution is 6.33. The van der Waals surface area contributed by atoms with E-state index in [4.69, 9.17) is 16.3 Å². The van der Waals surface area contributed by atoms with Gasteiger partial charge in [-0.3, -0.25) is 9.59 Å². The summed E-state index contributed by atoms with van der Waals surface area (Å²) < 4.78 is 5.76. The van der Waals surface area contributed by atoms with Gasteiger partial charge in [-0.15, -0.1) is 0 Å². The second-order valence-corrected chi connectivity index (χ2v) is 7.16. The molecule has 0 bridgehead atoms. The van der Waals surface area contributed by atoms with E-state index in [9.17, 15) is 14.7 Å². The van der Waals surface area contributed by atoms with Gasteiger partial charge < -0.3 is 15.2 Å². The molecule has 0 spiro atoms. The van der Waals surface area contributed by atoms with Gasteiger partial charge in [0.25, 0.3) is 5.91 Å². The number of aliphatic hydroxyl groups excluding tert-OH is 1. The van der Waals surface area contributed by atoms with E-state index in [0.717, 1.165) is 0 Å². The van der Waals surface area contributed by atoms with Crippen molar-refractivity contribution in [3.05, 3.63) is 58.2 Å². The average Bonchev–Trinajstić information content (AvgIpc) is 2.58. The van der Waals surface area contributed by atoms with E-state index >= 15 is 0 Å². The van der Waals surface area contributed by atoms with Crippen LogP contribution in [-0.2, 0) is 0 Å². The summed E-state index contributed by atoms with van der Waals surface area (Å²) in [5, 5.41) is 13.9. The van der Waals surface area contributed by atoms with Gasteiger partial charge in [-0.25, -0.2) is 4.98 Å². The lowest BCUT2D eigenvalue weighted by Gasteiger charge is -2.41. The van der Waals surface area contributed by atoms with Gasteiger partial charge in [-0.2, -0.15) is 0 Å². The molecule has 3 rings (SSSR count). The van der Waals surface area contributed by atoms with E-state index in [1.165, 1.54) is 13.1 Å². The summed E-state index contributed by atoms with van der Waals surface area (Å²) >= 11 is 6.09. The van der Waals surface area contributed by atoms with Crippen LogP contribution in [0, 0.1) is 0 Å². The van der Waals surface area contributed by atoms with E-state index in [1.54, 1.807) is 44.2 Å². The molecule has 7 heteroatoms. The molecule has 1 aromatic carbocycles. The first-order valence-corrected chi connectivity index (χ1v) is 8.52. The lowest BCUT2D eigenvalue weighted by atomic mass is 9.87. The number of aliphatic hydroxyl groups is 1. The molecule has 0 unspecified atom stereocenters. The van der Waals surface area contributed by atoms with E-state index in [-0.39, 0.29) is 11.7 Å². The molecule has 2 heterocycles. The average molecular weight is 375 g/mol. The minimum atomic E-state index is -1.05. The van der Waals surface area contributed by atoms with Crippen LogP contribution in [0.3, 0.4) is 0 Å². The Morgan fingerprint density at radius 1 is 1.31 bits per heavy atom. The van der Waals surface area contributed by atoms with Gasteiger partial charge in [0.15, 0.2) is 5.78 Å². The summed E-state index contributed by atoms with van der Waals surface area (Å²) in [6.07, 6.45) is 0.368. The first-order chi connectivity index (χ1) is 12.2. The quantitative estimate of drug-likeness (QED) is 0.806. The Hall–Kier alpha value is -2.44. The van der Waals surface area contributed by atoms with Crippen LogP contribution in [-0.4, -0.2) is 33.5 Å². The minimum Gasteiger partial charge on any atom is -0.469 e. The van der Waals surface area contributed by atoms with Crippen molar-refractivity contribution >= 4 is 23.3 Å². The molecule has 136 valence electrons. The van der Waals surface area contributed by atoms with E-state index in [0.29, 0.717) is 21.7 Å². The molecule has 0 radical (unpaired) electrons. The number of hydrogen-bond donors (Lipinski definition) is 2. The fraction of sp³-hybridized carbons (Fsp3) is 0.316. The molecule has 6 nitrogen and oxygen atoms in total. The summed E-state index contributed by atoms with van der Waals surface area (Å²) in [5.74, 6) is -0.331. The highest BCUT2D eigenvalue weighted by atomic mass is 35.5. The number of carbonyl (C=O) groups is 2. The van der Waals surface area contributed by atoms with Gasteiger partial charge in [0.1, 0.15) is 11.7 Å². The monoisotopic (exact) mass is 374 g/mol. The molecule has 0 saturated heterocycles. The maximum absolute atomic E-state index is 12.7. The number of benzene rings is 1. The number of carbonyl (C=O) groups excluding carboxylic acids is 2. The maximum atomic E-state index is 12.7. The number of ether oxygens (including phenoxy) is 1. The van der Waals surface area contributed by atoms with Gasteiger partial charge in [0, 0.05) is 17.3 Å². The lowest BCUT2D eigenvalue weighted by Crippen LogP contribution is -2.53. The number of rotatable bonds is 3. The number of pyridine rings is 1. The number of ketones is 1. The zero-order valence-corrected chi connectivity index (χ0v) is 15.4. The molecule has 1 amide bonds. The Kier molecular flexibility index (Phi) is 4.73. The van der Waals surface area contributed by atoms with Gasteiger partial charge in [0.05, 0.1) is 16.6 Å². The molecular formula is C19H19ClN2O4. The van der Waals surface area contributed by atoms with Crippen molar-refractivity contribution in [3.63, 3.8) is 0 Å². The smallest absolute Gasteiger partial charge is 0.253 e. The van der Waals surface area contributed by atoms with Crippen molar-refractivity contribution in [1.29, 1.82) is 0 Å². The van der Waals surface area contributed by atoms with Crippen LogP contribution in [0.2, 0.25) is 5.02 Å².